The highest BCUT2D eigenvalue weighted by Crippen LogP contribution is 2.37. The lowest BCUT2D eigenvalue weighted by molar-refractivity contribution is 0.0950. The lowest BCUT2D eigenvalue weighted by Gasteiger charge is -2.09. The summed E-state index contributed by atoms with van der Waals surface area (Å²) in [5.74, 6) is 1.89. The van der Waals surface area contributed by atoms with Crippen LogP contribution in [-0.2, 0) is 6.54 Å². The average Bonchev–Trinajstić information content (AvgIpc) is 3.41. The van der Waals surface area contributed by atoms with Gasteiger partial charge in [0.1, 0.15) is 0 Å². The number of methoxy groups -OCH3 is 1. The molecule has 1 aliphatic heterocycles. The zero-order chi connectivity index (χ0) is 20.5. The van der Waals surface area contributed by atoms with Crippen molar-refractivity contribution in [2.75, 3.05) is 13.9 Å². The summed E-state index contributed by atoms with van der Waals surface area (Å²) in [4.78, 5) is 17.4. The van der Waals surface area contributed by atoms with E-state index in [1.165, 1.54) is 0 Å². The highest BCUT2D eigenvalue weighted by molar-refractivity contribution is 5.94. The van der Waals surface area contributed by atoms with E-state index in [2.05, 4.69) is 5.32 Å². The number of nitrogens with zero attached hydrogens (tertiary/aromatic N) is 2. The molecular formula is C23H19N3O4. The van der Waals surface area contributed by atoms with Gasteiger partial charge in [-0.05, 0) is 42.5 Å². The lowest BCUT2D eigenvalue weighted by Crippen LogP contribution is -2.23. The van der Waals surface area contributed by atoms with Gasteiger partial charge in [0, 0.05) is 17.3 Å². The first-order valence-electron chi connectivity index (χ1n) is 9.52. The summed E-state index contributed by atoms with van der Waals surface area (Å²) in [5.41, 5.74) is 3.73. The number of rotatable bonds is 5. The molecule has 0 bridgehead atoms. The first-order chi connectivity index (χ1) is 14.7. The summed E-state index contributed by atoms with van der Waals surface area (Å²) in [6, 6.07) is 18.6. The molecule has 5 rings (SSSR count). The number of ether oxygens (including phenoxy) is 3. The van der Waals surface area contributed by atoms with Crippen molar-refractivity contribution in [1.82, 2.24) is 14.7 Å². The number of hydrogen-bond acceptors (Lipinski definition) is 5. The Morgan fingerprint density at radius 1 is 1.10 bits per heavy atom. The molecule has 1 amide bonds. The number of carbonyl (C=O) groups is 1. The molecule has 0 unspecified atom stereocenters. The van der Waals surface area contributed by atoms with Gasteiger partial charge in [0.15, 0.2) is 22.9 Å². The van der Waals surface area contributed by atoms with E-state index >= 15 is 0 Å². The summed E-state index contributed by atoms with van der Waals surface area (Å²) in [6.45, 7) is 0.504. The van der Waals surface area contributed by atoms with Gasteiger partial charge in [-0.1, -0.05) is 18.2 Å². The molecule has 0 fully saturated rings. The van der Waals surface area contributed by atoms with Crippen molar-refractivity contribution in [3.05, 3.63) is 78.1 Å². The number of nitrogens with one attached hydrogen (secondary N) is 1. The number of carbonyl (C=O) groups excluding carboxylic acids is 1. The number of hydrogen-bond donors (Lipinski definition) is 1. The molecule has 3 heterocycles. The van der Waals surface area contributed by atoms with E-state index in [1.54, 1.807) is 19.2 Å². The Labute approximate surface area is 172 Å². The van der Waals surface area contributed by atoms with Crippen molar-refractivity contribution in [2.24, 2.45) is 0 Å². The summed E-state index contributed by atoms with van der Waals surface area (Å²) in [6.07, 6.45) is 1.91. The summed E-state index contributed by atoms with van der Waals surface area (Å²) in [5, 5.41) is 3.00. The zero-order valence-electron chi connectivity index (χ0n) is 16.3. The molecule has 2 aromatic heterocycles. The number of benzene rings is 2. The Morgan fingerprint density at radius 2 is 1.93 bits per heavy atom. The monoisotopic (exact) mass is 401 g/mol. The van der Waals surface area contributed by atoms with Crippen molar-refractivity contribution in [3.8, 4) is 28.5 Å². The van der Waals surface area contributed by atoms with E-state index in [0.29, 0.717) is 35.0 Å². The normalized spacial score (nSPS) is 12.2. The Kier molecular flexibility index (Phi) is 4.48. The minimum atomic E-state index is -0.148. The molecule has 7 heteroatoms. The standard InChI is InChI=1S/C23H19N3O4/c1-28-19-8-5-11-26-17(13-24-23(27)15-6-3-2-4-7-15)21(25-22(19)26)16-9-10-18-20(12-16)30-14-29-18/h2-12H,13-14H2,1H3,(H,24,27). The fourth-order valence-corrected chi connectivity index (χ4v) is 3.55. The molecule has 0 saturated carbocycles. The molecule has 0 spiro atoms. The number of fused-ring (bicyclic) bond motifs is 2. The van der Waals surface area contributed by atoms with E-state index in [9.17, 15) is 4.79 Å². The van der Waals surface area contributed by atoms with Crippen molar-refractivity contribution in [1.29, 1.82) is 0 Å². The van der Waals surface area contributed by atoms with Crippen LogP contribution in [0.5, 0.6) is 17.2 Å². The van der Waals surface area contributed by atoms with Gasteiger partial charge in [-0.15, -0.1) is 0 Å². The smallest absolute Gasteiger partial charge is 0.251 e. The second-order valence-electron chi connectivity index (χ2n) is 6.79. The molecule has 7 nitrogen and oxygen atoms in total. The highest BCUT2D eigenvalue weighted by Gasteiger charge is 2.20. The predicted molar refractivity (Wildman–Crippen MR) is 111 cm³/mol. The molecule has 2 aromatic carbocycles. The molecule has 0 saturated heterocycles. The fraction of sp³-hybridized carbons (Fsp3) is 0.130. The molecule has 0 aliphatic carbocycles. The number of pyridine rings is 1. The van der Waals surface area contributed by atoms with Gasteiger partial charge in [-0.2, -0.15) is 0 Å². The van der Waals surface area contributed by atoms with Crippen LogP contribution in [-0.4, -0.2) is 29.2 Å². The van der Waals surface area contributed by atoms with Gasteiger partial charge in [0.2, 0.25) is 6.79 Å². The van der Waals surface area contributed by atoms with Crippen LogP contribution in [0.3, 0.4) is 0 Å². The largest absolute Gasteiger partial charge is 0.493 e. The van der Waals surface area contributed by atoms with Gasteiger partial charge in [0.25, 0.3) is 5.91 Å². The molecule has 1 aliphatic rings. The molecule has 4 aromatic rings. The Morgan fingerprint density at radius 3 is 2.77 bits per heavy atom. The predicted octanol–water partition coefficient (Wildman–Crippen LogP) is 3.67. The minimum absolute atomic E-state index is 0.148. The Balaban J connectivity index is 1.57. The third kappa shape index (κ3) is 3.10. The third-order valence-corrected chi connectivity index (χ3v) is 5.03. The molecule has 150 valence electrons. The average molecular weight is 401 g/mol. The van der Waals surface area contributed by atoms with Gasteiger partial charge < -0.3 is 19.5 Å². The topological polar surface area (TPSA) is 74.1 Å². The van der Waals surface area contributed by atoms with Crippen LogP contribution in [0.15, 0.2) is 66.9 Å². The van der Waals surface area contributed by atoms with Crippen LogP contribution in [0.4, 0.5) is 0 Å². The van der Waals surface area contributed by atoms with E-state index in [1.807, 2.05) is 59.1 Å². The second kappa shape index (κ2) is 7.44. The lowest BCUT2D eigenvalue weighted by atomic mass is 10.1. The van der Waals surface area contributed by atoms with Crippen LogP contribution in [0.2, 0.25) is 0 Å². The fourth-order valence-electron chi connectivity index (χ4n) is 3.55. The van der Waals surface area contributed by atoms with E-state index in [4.69, 9.17) is 19.2 Å². The third-order valence-electron chi connectivity index (χ3n) is 5.03. The number of aromatic nitrogens is 2. The van der Waals surface area contributed by atoms with Gasteiger partial charge in [-0.3, -0.25) is 9.20 Å². The molecule has 30 heavy (non-hydrogen) atoms. The van der Waals surface area contributed by atoms with Crippen molar-refractivity contribution in [3.63, 3.8) is 0 Å². The van der Waals surface area contributed by atoms with Crippen molar-refractivity contribution >= 4 is 11.6 Å². The van der Waals surface area contributed by atoms with E-state index in [0.717, 1.165) is 17.0 Å². The molecule has 1 N–H and O–H groups in total. The van der Waals surface area contributed by atoms with Crippen LogP contribution in [0.25, 0.3) is 16.9 Å². The molecule has 0 atom stereocenters. The van der Waals surface area contributed by atoms with Gasteiger partial charge >= 0.3 is 0 Å². The number of amides is 1. The van der Waals surface area contributed by atoms with Crippen LogP contribution >= 0.6 is 0 Å². The van der Waals surface area contributed by atoms with E-state index < -0.39 is 0 Å². The van der Waals surface area contributed by atoms with E-state index in [-0.39, 0.29) is 12.7 Å². The Bertz CT molecular complexity index is 1230. The van der Waals surface area contributed by atoms with Crippen LogP contribution in [0.1, 0.15) is 16.1 Å². The minimum Gasteiger partial charge on any atom is -0.493 e. The van der Waals surface area contributed by atoms with Crippen molar-refractivity contribution < 1.29 is 19.0 Å². The van der Waals surface area contributed by atoms with Gasteiger partial charge in [0.05, 0.1) is 25.0 Å². The molecular weight excluding hydrogens is 382 g/mol. The van der Waals surface area contributed by atoms with Gasteiger partial charge in [-0.25, -0.2) is 4.98 Å². The summed E-state index contributed by atoms with van der Waals surface area (Å²) >= 11 is 0. The summed E-state index contributed by atoms with van der Waals surface area (Å²) in [7, 11) is 1.61. The first kappa shape index (κ1) is 18.1. The maximum absolute atomic E-state index is 12.6. The van der Waals surface area contributed by atoms with Crippen LogP contribution in [0, 0.1) is 0 Å². The quantitative estimate of drug-likeness (QED) is 0.552. The summed E-state index contributed by atoms with van der Waals surface area (Å²) < 4.78 is 18.4. The van der Waals surface area contributed by atoms with Crippen molar-refractivity contribution in [2.45, 2.75) is 6.54 Å². The zero-order valence-corrected chi connectivity index (χ0v) is 16.3. The maximum atomic E-state index is 12.6. The SMILES string of the molecule is COc1cccn2c(CNC(=O)c3ccccc3)c(-c3ccc4c(c3)OCO4)nc12. The molecule has 0 radical (unpaired) electrons. The number of imidazole rings is 1. The Hall–Kier alpha value is -4.00. The second-order valence-corrected chi connectivity index (χ2v) is 6.79. The maximum Gasteiger partial charge on any atom is 0.251 e. The van der Waals surface area contributed by atoms with Crippen LogP contribution < -0.4 is 19.5 Å². The first-order valence-corrected chi connectivity index (χ1v) is 9.52. The highest BCUT2D eigenvalue weighted by atomic mass is 16.7.